The van der Waals surface area contributed by atoms with Crippen molar-refractivity contribution in [2.45, 2.75) is 5.16 Å². The van der Waals surface area contributed by atoms with Crippen LogP contribution in [0.1, 0.15) is 20.7 Å². The summed E-state index contributed by atoms with van der Waals surface area (Å²) in [7, 11) is 6.04. The molecule has 1 aromatic heterocycles. The smallest absolute Gasteiger partial charge is 0.264 e. The van der Waals surface area contributed by atoms with Gasteiger partial charge in [0.1, 0.15) is 23.0 Å². The predicted molar refractivity (Wildman–Crippen MR) is 129 cm³/mol. The zero-order valence-electron chi connectivity index (χ0n) is 19.0. The number of carbonyl (C=O) groups excluding carboxylic acids is 2. The van der Waals surface area contributed by atoms with Crippen molar-refractivity contribution in [3.05, 3.63) is 71.8 Å². The molecule has 34 heavy (non-hydrogen) atoms. The van der Waals surface area contributed by atoms with E-state index in [1.807, 2.05) is 12.1 Å². The van der Waals surface area contributed by atoms with Crippen LogP contribution >= 0.6 is 11.8 Å². The Morgan fingerprint density at radius 1 is 0.735 bits per heavy atom. The Labute approximate surface area is 200 Å². The molecule has 8 nitrogen and oxygen atoms in total. The molecule has 0 saturated carbocycles. The van der Waals surface area contributed by atoms with Crippen molar-refractivity contribution in [1.82, 2.24) is 9.55 Å². The first-order valence-corrected chi connectivity index (χ1v) is 11.0. The summed E-state index contributed by atoms with van der Waals surface area (Å²) in [5, 5.41) is -0.0791. The number of nitrogens with zero attached hydrogens (tertiary/aromatic N) is 2. The number of imidazole rings is 1. The lowest BCUT2D eigenvalue weighted by molar-refractivity contribution is 0.0954. The first kappa shape index (κ1) is 23.2. The predicted octanol–water partition coefficient (Wildman–Crippen LogP) is 4.69. The Kier molecular flexibility index (Phi) is 6.74. The highest BCUT2D eigenvalue weighted by atomic mass is 32.2. The Bertz CT molecular complexity index is 1340. The van der Waals surface area contributed by atoms with Gasteiger partial charge >= 0.3 is 0 Å². The molecule has 4 aromatic rings. The van der Waals surface area contributed by atoms with E-state index in [-0.39, 0.29) is 16.2 Å². The van der Waals surface area contributed by atoms with Crippen molar-refractivity contribution in [2.24, 2.45) is 0 Å². The Morgan fingerprint density at radius 2 is 1.24 bits per heavy atom. The van der Waals surface area contributed by atoms with Crippen LogP contribution in [0.15, 0.2) is 65.8 Å². The van der Waals surface area contributed by atoms with Gasteiger partial charge in [0.05, 0.1) is 39.5 Å². The van der Waals surface area contributed by atoms with Crippen LogP contribution in [0.4, 0.5) is 0 Å². The molecule has 9 heteroatoms. The number of aromatic nitrogens is 2. The molecule has 174 valence electrons. The van der Waals surface area contributed by atoms with Gasteiger partial charge in [0.2, 0.25) is 5.12 Å². The lowest BCUT2D eigenvalue weighted by atomic mass is 10.2. The second-order valence-corrected chi connectivity index (χ2v) is 8.06. The quantitative estimate of drug-likeness (QED) is 0.354. The van der Waals surface area contributed by atoms with Gasteiger partial charge in [0.25, 0.3) is 5.91 Å². The van der Waals surface area contributed by atoms with E-state index in [9.17, 15) is 9.59 Å². The summed E-state index contributed by atoms with van der Waals surface area (Å²) in [6.07, 6.45) is 0. The molecule has 4 rings (SSSR count). The average molecular weight is 479 g/mol. The second kappa shape index (κ2) is 9.88. The van der Waals surface area contributed by atoms with Gasteiger partial charge in [-0.3, -0.25) is 14.2 Å². The minimum Gasteiger partial charge on any atom is -0.497 e. The molecule has 3 aromatic carbocycles. The van der Waals surface area contributed by atoms with Gasteiger partial charge in [0.15, 0.2) is 5.16 Å². The molecular weight excluding hydrogens is 456 g/mol. The number of fused-ring (bicyclic) bond motifs is 1. The van der Waals surface area contributed by atoms with Crippen LogP contribution in [0.2, 0.25) is 0 Å². The topological polar surface area (TPSA) is 88.9 Å². The molecule has 0 fully saturated rings. The van der Waals surface area contributed by atoms with Crippen LogP contribution in [0.5, 0.6) is 23.0 Å². The summed E-state index contributed by atoms with van der Waals surface area (Å²) in [5.41, 5.74) is 1.85. The van der Waals surface area contributed by atoms with E-state index >= 15 is 0 Å². The molecule has 0 N–H and O–H groups in total. The number of thioether (sulfide) groups is 1. The summed E-state index contributed by atoms with van der Waals surface area (Å²) in [6.45, 7) is 0. The van der Waals surface area contributed by atoms with E-state index in [0.29, 0.717) is 45.2 Å². The monoisotopic (exact) mass is 478 g/mol. The first-order chi connectivity index (χ1) is 16.5. The van der Waals surface area contributed by atoms with Crippen molar-refractivity contribution < 1.29 is 28.5 Å². The highest BCUT2D eigenvalue weighted by Gasteiger charge is 2.23. The van der Waals surface area contributed by atoms with E-state index in [1.54, 1.807) is 48.5 Å². The molecule has 0 unspecified atom stereocenters. The van der Waals surface area contributed by atoms with Gasteiger partial charge in [-0.05, 0) is 48.2 Å². The highest BCUT2D eigenvalue weighted by molar-refractivity contribution is 8.14. The maximum absolute atomic E-state index is 13.6. The van der Waals surface area contributed by atoms with Gasteiger partial charge in [-0.2, -0.15) is 0 Å². The van der Waals surface area contributed by atoms with Crippen LogP contribution in [-0.4, -0.2) is 49.0 Å². The molecule has 0 aliphatic rings. The van der Waals surface area contributed by atoms with Crippen molar-refractivity contribution in [1.29, 1.82) is 0 Å². The Morgan fingerprint density at radius 3 is 1.76 bits per heavy atom. The summed E-state index contributed by atoms with van der Waals surface area (Å²) in [5.74, 6) is 1.54. The number of benzene rings is 3. The average Bonchev–Trinajstić information content (AvgIpc) is 3.24. The number of hydrogen-bond acceptors (Lipinski definition) is 8. The zero-order valence-corrected chi connectivity index (χ0v) is 19.8. The molecule has 0 saturated heterocycles. The standard InChI is InChI=1S/C25H22N2O6S/c1-30-17-9-15(10-18(13-17)31-2)23(28)27-22-8-6-5-7-21(22)26-25(27)34-24(29)16-11-19(32-3)14-20(12-16)33-4/h5-14H,1-4H3. The van der Waals surface area contributed by atoms with Crippen molar-refractivity contribution in [3.8, 4) is 23.0 Å². The number of ether oxygens (including phenoxy) is 4. The maximum atomic E-state index is 13.6. The molecule has 0 aliphatic heterocycles. The minimum absolute atomic E-state index is 0.236. The van der Waals surface area contributed by atoms with E-state index in [0.717, 1.165) is 11.8 Å². The Balaban J connectivity index is 1.79. The maximum Gasteiger partial charge on any atom is 0.264 e. The van der Waals surface area contributed by atoms with E-state index < -0.39 is 0 Å². The molecule has 0 amide bonds. The van der Waals surface area contributed by atoms with Crippen LogP contribution in [0.25, 0.3) is 11.0 Å². The molecule has 0 radical (unpaired) electrons. The van der Waals surface area contributed by atoms with Gasteiger partial charge in [0, 0.05) is 23.3 Å². The minimum atomic E-state index is -0.371. The summed E-state index contributed by atoms with van der Waals surface area (Å²) < 4.78 is 22.6. The van der Waals surface area contributed by atoms with Crippen LogP contribution in [0.3, 0.4) is 0 Å². The first-order valence-electron chi connectivity index (χ1n) is 10.2. The third-order valence-electron chi connectivity index (χ3n) is 5.10. The van der Waals surface area contributed by atoms with Gasteiger partial charge in [-0.15, -0.1) is 0 Å². The second-order valence-electron chi connectivity index (χ2n) is 7.12. The zero-order chi connectivity index (χ0) is 24.2. The molecule has 0 bridgehead atoms. The van der Waals surface area contributed by atoms with Crippen LogP contribution in [0, 0.1) is 0 Å². The van der Waals surface area contributed by atoms with Crippen molar-refractivity contribution in [3.63, 3.8) is 0 Å². The lowest BCUT2D eigenvalue weighted by Crippen LogP contribution is -2.14. The fourth-order valence-electron chi connectivity index (χ4n) is 3.40. The largest absolute Gasteiger partial charge is 0.497 e. The molecule has 0 aliphatic carbocycles. The molecule has 0 atom stereocenters. The van der Waals surface area contributed by atoms with Gasteiger partial charge in [-0.1, -0.05) is 12.1 Å². The lowest BCUT2D eigenvalue weighted by Gasteiger charge is -2.11. The van der Waals surface area contributed by atoms with Crippen molar-refractivity contribution >= 4 is 33.8 Å². The SMILES string of the molecule is COc1cc(OC)cc(C(=O)Sc2nc3ccccc3n2C(=O)c2cc(OC)cc(OC)c2)c1. The van der Waals surface area contributed by atoms with E-state index in [4.69, 9.17) is 18.9 Å². The normalized spacial score (nSPS) is 10.7. The summed E-state index contributed by atoms with van der Waals surface area (Å²) >= 11 is 0.849. The number of rotatable bonds is 7. The fourth-order valence-corrected chi connectivity index (χ4v) is 4.21. The number of hydrogen-bond donors (Lipinski definition) is 0. The number of methoxy groups -OCH3 is 4. The van der Waals surface area contributed by atoms with Gasteiger partial charge in [-0.25, -0.2) is 4.98 Å². The van der Waals surface area contributed by atoms with E-state index in [1.165, 1.54) is 33.0 Å². The molecule has 1 heterocycles. The molecular formula is C25H22N2O6S. The number of para-hydroxylation sites is 2. The third-order valence-corrected chi connectivity index (χ3v) is 5.98. The third kappa shape index (κ3) is 4.55. The van der Waals surface area contributed by atoms with E-state index in [2.05, 4.69) is 4.98 Å². The Hall–Kier alpha value is -3.98. The van der Waals surface area contributed by atoms with Crippen LogP contribution in [-0.2, 0) is 0 Å². The fraction of sp³-hybridized carbons (Fsp3) is 0.160. The summed E-state index contributed by atoms with van der Waals surface area (Å²) in [6, 6.07) is 17.0. The van der Waals surface area contributed by atoms with Gasteiger partial charge < -0.3 is 18.9 Å². The highest BCUT2D eigenvalue weighted by Crippen LogP contribution is 2.32. The molecule has 0 spiro atoms. The van der Waals surface area contributed by atoms with Crippen molar-refractivity contribution in [2.75, 3.05) is 28.4 Å². The summed E-state index contributed by atoms with van der Waals surface area (Å²) in [4.78, 5) is 31.4. The van der Waals surface area contributed by atoms with Crippen LogP contribution < -0.4 is 18.9 Å². The number of carbonyl (C=O) groups is 2.